The maximum atomic E-state index is 14.3. The van der Waals surface area contributed by atoms with Crippen LogP contribution in [0.1, 0.15) is 34.8 Å². The Bertz CT molecular complexity index is 1020. The Morgan fingerprint density at radius 1 is 1.32 bits per heavy atom. The number of nitrogens with two attached hydrogens (primary N) is 1. The van der Waals surface area contributed by atoms with Gasteiger partial charge < -0.3 is 16.0 Å². The van der Waals surface area contributed by atoms with Crippen molar-refractivity contribution in [3.8, 4) is 0 Å². The minimum atomic E-state index is -0.471. The van der Waals surface area contributed by atoms with Crippen molar-refractivity contribution in [1.82, 2.24) is 19.9 Å². The lowest BCUT2D eigenvalue weighted by atomic mass is 10.0. The van der Waals surface area contributed by atoms with Gasteiger partial charge in [0.05, 0.1) is 12.2 Å². The van der Waals surface area contributed by atoms with Gasteiger partial charge in [0.15, 0.2) is 5.65 Å². The van der Waals surface area contributed by atoms with Crippen LogP contribution in [0.25, 0.3) is 5.65 Å². The molecule has 0 unspecified atom stereocenters. The van der Waals surface area contributed by atoms with Gasteiger partial charge >= 0.3 is 0 Å². The molecule has 1 atom stereocenters. The smallest absolute Gasteiger partial charge is 0.256 e. The Labute approximate surface area is 160 Å². The Morgan fingerprint density at radius 3 is 3.00 bits per heavy atom. The number of carbonyl (C=O) groups is 1. The highest BCUT2D eigenvalue weighted by Gasteiger charge is 2.30. The second-order valence-electron chi connectivity index (χ2n) is 6.67. The maximum Gasteiger partial charge on any atom is 0.256 e. The number of hydrogen-bond donors (Lipinski definition) is 2. The third kappa shape index (κ3) is 3.29. The predicted molar refractivity (Wildman–Crippen MR) is 100 cm³/mol. The lowest BCUT2D eigenvalue weighted by molar-refractivity contribution is 0.0956. The molecule has 2 aromatic heterocycles. The fraction of sp³-hybridized carbons (Fsp3) is 0.316. The molecule has 7 nitrogen and oxygen atoms in total. The fourth-order valence-electron chi connectivity index (χ4n) is 3.59. The molecule has 1 fully saturated rings. The van der Waals surface area contributed by atoms with Crippen molar-refractivity contribution in [1.29, 1.82) is 0 Å². The highest BCUT2D eigenvalue weighted by atomic mass is 19.1. The number of hydrogen-bond acceptors (Lipinski definition) is 5. The molecule has 0 bridgehead atoms. The standard InChI is InChI=1S/C19H20F2N6O/c20-12-3-4-15(21)13(10-12)16-2-1-8-26(16)17-5-9-27-18(25-17)14(11-24-27)19(28)23-7-6-22/h3-5,9-11,16H,1-2,6-8,22H2,(H,23,28)/t16-/m1/s1. The van der Waals surface area contributed by atoms with Crippen molar-refractivity contribution in [3.05, 3.63) is 59.4 Å². The summed E-state index contributed by atoms with van der Waals surface area (Å²) in [6.07, 6.45) is 4.67. The summed E-state index contributed by atoms with van der Waals surface area (Å²) in [5.41, 5.74) is 6.48. The number of nitrogens with one attached hydrogen (secondary N) is 1. The molecule has 1 aromatic carbocycles. The number of carbonyl (C=O) groups excluding carboxylic acids is 1. The zero-order valence-corrected chi connectivity index (χ0v) is 15.1. The number of aromatic nitrogens is 3. The number of fused-ring (bicyclic) bond motifs is 1. The van der Waals surface area contributed by atoms with Crippen LogP contribution in [-0.2, 0) is 0 Å². The van der Waals surface area contributed by atoms with Crippen molar-refractivity contribution >= 4 is 17.4 Å². The molecule has 0 spiro atoms. The van der Waals surface area contributed by atoms with Gasteiger partial charge in [0.25, 0.3) is 5.91 Å². The zero-order valence-electron chi connectivity index (χ0n) is 15.1. The van der Waals surface area contributed by atoms with Crippen LogP contribution < -0.4 is 16.0 Å². The Balaban J connectivity index is 1.70. The quantitative estimate of drug-likeness (QED) is 0.701. The van der Waals surface area contributed by atoms with Crippen LogP contribution in [0.3, 0.4) is 0 Å². The predicted octanol–water partition coefficient (Wildman–Crippen LogP) is 2.04. The first-order valence-electron chi connectivity index (χ1n) is 9.12. The van der Waals surface area contributed by atoms with Crippen LogP contribution in [0.4, 0.5) is 14.6 Å². The lowest BCUT2D eigenvalue weighted by Crippen LogP contribution is -2.29. The summed E-state index contributed by atoms with van der Waals surface area (Å²) in [5.74, 6) is -0.627. The number of nitrogens with zero attached hydrogens (tertiary/aromatic N) is 4. The molecule has 3 aromatic rings. The van der Waals surface area contributed by atoms with Gasteiger partial charge in [0, 0.05) is 31.4 Å². The topological polar surface area (TPSA) is 88.5 Å². The van der Waals surface area contributed by atoms with Crippen molar-refractivity contribution in [3.63, 3.8) is 0 Å². The van der Waals surface area contributed by atoms with Gasteiger partial charge in [-0.1, -0.05) is 0 Å². The number of amides is 1. The van der Waals surface area contributed by atoms with Crippen LogP contribution in [0, 0.1) is 11.6 Å². The average molecular weight is 386 g/mol. The van der Waals surface area contributed by atoms with Gasteiger partial charge in [-0.15, -0.1) is 0 Å². The van der Waals surface area contributed by atoms with Gasteiger partial charge in [0.1, 0.15) is 23.0 Å². The molecule has 9 heteroatoms. The van der Waals surface area contributed by atoms with Crippen molar-refractivity contribution in [2.45, 2.75) is 18.9 Å². The molecule has 1 saturated heterocycles. The molecule has 3 N–H and O–H groups in total. The number of benzene rings is 1. The van der Waals surface area contributed by atoms with Crippen LogP contribution in [0.2, 0.25) is 0 Å². The van der Waals surface area contributed by atoms with E-state index in [1.54, 1.807) is 12.3 Å². The molecule has 1 aliphatic rings. The van der Waals surface area contributed by atoms with Gasteiger partial charge in [-0.3, -0.25) is 4.79 Å². The minimum Gasteiger partial charge on any atom is -0.351 e. The summed E-state index contributed by atoms with van der Waals surface area (Å²) >= 11 is 0. The molecule has 0 radical (unpaired) electrons. The fourth-order valence-corrected chi connectivity index (χ4v) is 3.59. The Kier molecular flexibility index (Phi) is 4.91. The van der Waals surface area contributed by atoms with E-state index in [2.05, 4.69) is 15.4 Å². The first-order chi connectivity index (χ1) is 13.6. The summed E-state index contributed by atoms with van der Waals surface area (Å²) in [4.78, 5) is 18.8. The Hall–Kier alpha value is -3.07. The normalized spacial score (nSPS) is 16.7. The molecular weight excluding hydrogens is 366 g/mol. The van der Waals surface area contributed by atoms with E-state index < -0.39 is 11.6 Å². The van der Waals surface area contributed by atoms with Gasteiger partial charge in [-0.25, -0.2) is 18.3 Å². The molecule has 0 saturated carbocycles. The maximum absolute atomic E-state index is 14.3. The summed E-state index contributed by atoms with van der Waals surface area (Å²) in [6.45, 7) is 1.34. The van der Waals surface area contributed by atoms with Crippen molar-refractivity contribution in [2.75, 3.05) is 24.5 Å². The summed E-state index contributed by atoms with van der Waals surface area (Å²) in [6, 6.07) is 4.94. The van der Waals surface area contributed by atoms with Crippen LogP contribution in [0.5, 0.6) is 0 Å². The summed E-state index contributed by atoms with van der Waals surface area (Å²) in [5, 5.41) is 6.85. The molecule has 0 aliphatic carbocycles. The van der Waals surface area contributed by atoms with Gasteiger partial charge in [0.2, 0.25) is 0 Å². The van der Waals surface area contributed by atoms with E-state index >= 15 is 0 Å². The molecule has 4 rings (SSSR count). The largest absolute Gasteiger partial charge is 0.351 e. The third-order valence-corrected chi connectivity index (χ3v) is 4.89. The van der Waals surface area contributed by atoms with Crippen LogP contribution in [-0.4, -0.2) is 40.1 Å². The summed E-state index contributed by atoms with van der Waals surface area (Å²) in [7, 11) is 0. The molecule has 146 valence electrons. The Morgan fingerprint density at radius 2 is 2.18 bits per heavy atom. The first-order valence-corrected chi connectivity index (χ1v) is 9.12. The monoisotopic (exact) mass is 386 g/mol. The van der Waals surface area contributed by atoms with E-state index in [4.69, 9.17) is 5.73 Å². The van der Waals surface area contributed by atoms with E-state index in [9.17, 15) is 13.6 Å². The van der Waals surface area contributed by atoms with E-state index in [-0.39, 0.29) is 11.9 Å². The molecule has 3 heterocycles. The van der Waals surface area contributed by atoms with Gasteiger partial charge in [-0.2, -0.15) is 5.10 Å². The molecule has 1 aliphatic heterocycles. The van der Waals surface area contributed by atoms with E-state index in [1.807, 2.05) is 4.90 Å². The van der Waals surface area contributed by atoms with Crippen LogP contribution in [0.15, 0.2) is 36.7 Å². The number of rotatable bonds is 5. The average Bonchev–Trinajstić information content (AvgIpc) is 3.34. The number of anilines is 1. The highest BCUT2D eigenvalue weighted by Crippen LogP contribution is 2.36. The molecule has 28 heavy (non-hydrogen) atoms. The third-order valence-electron chi connectivity index (χ3n) is 4.89. The van der Waals surface area contributed by atoms with Crippen LogP contribution >= 0.6 is 0 Å². The molecule has 1 amide bonds. The summed E-state index contributed by atoms with van der Waals surface area (Å²) < 4.78 is 29.5. The minimum absolute atomic E-state index is 0.306. The van der Waals surface area contributed by atoms with Gasteiger partial charge in [-0.05, 0) is 37.1 Å². The second kappa shape index (κ2) is 7.51. The number of halogens is 2. The highest BCUT2D eigenvalue weighted by molar-refractivity contribution is 5.99. The first kappa shape index (κ1) is 18.3. The van der Waals surface area contributed by atoms with E-state index in [0.29, 0.717) is 48.6 Å². The zero-order chi connectivity index (χ0) is 19.7. The van der Waals surface area contributed by atoms with Crippen molar-refractivity contribution in [2.24, 2.45) is 5.73 Å². The molecular formula is C19H20F2N6O. The lowest BCUT2D eigenvalue weighted by Gasteiger charge is -2.26. The van der Waals surface area contributed by atoms with E-state index in [0.717, 1.165) is 18.6 Å². The second-order valence-corrected chi connectivity index (χ2v) is 6.67. The van der Waals surface area contributed by atoms with E-state index in [1.165, 1.54) is 16.8 Å². The van der Waals surface area contributed by atoms with Crippen molar-refractivity contribution < 1.29 is 13.6 Å². The SMILES string of the molecule is NCCNC(=O)c1cnn2ccc(N3CCC[C@@H]3c3cc(F)ccc3F)nc12.